The number of amides is 1. The van der Waals surface area contributed by atoms with Gasteiger partial charge in [0, 0.05) is 44.0 Å². The highest BCUT2D eigenvalue weighted by molar-refractivity contribution is 5.79. The number of rotatable bonds is 6. The van der Waals surface area contributed by atoms with Gasteiger partial charge in [-0.05, 0) is 31.6 Å². The van der Waals surface area contributed by atoms with Crippen LogP contribution >= 0.6 is 0 Å². The van der Waals surface area contributed by atoms with Gasteiger partial charge in [-0.1, -0.05) is 24.3 Å². The molecule has 2 aromatic rings. The molecule has 0 atom stereocenters. The second-order valence-corrected chi connectivity index (χ2v) is 7.01. The standard InChI is InChI=1S/C20H25N5O3/c1-23-9-4-10-24(12-11-23)19-8-7-16(14-21-19)15-22-20(26)13-17-5-2-3-6-18(17)25(27)28/h2-3,5-8,14H,4,9-13,15H2,1H3,(H,22,26). The van der Waals surface area contributed by atoms with Gasteiger partial charge < -0.3 is 15.1 Å². The van der Waals surface area contributed by atoms with E-state index in [0.29, 0.717) is 12.1 Å². The van der Waals surface area contributed by atoms with Crippen LogP contribution in [0.5, 0.6) is 0 Å². The lowest BCUT2D eigenvalue weighted by molar-refractivity contribution is -0.385. The van der Waals surface area contributed by atoms with Crippen molar-refractivity contribution in [3.63, 3.8) is 0 Å². The van der Waals surface area contributed by atoms with Crippen LogP contribution < -0.4 is 10.2 Å². The second kappa shape index (κ2) is 9.27. The highest BCUT2D eigenvalue weighted by Gasteiger charge is 2.16. The summed E-state index contributed by atoms with van der Waals surface area (Å²) in [6.07, 6.45) is 2.86. The first-order valence-electron chi connectivity index (χ1n) is 9.40. The number of pyridine rings is 1. The van der Waals surface area contributed by atoms with E-state index in [1.165, 1.54) is 6.07 Å². The summed E-state index contributed by atoms with van der Waals surface area (Å²) in [7, 11) is 2.13. The summed E-state index contributed by atoms with van der Waals surface area (Å²) in [6.45, 7) is 4.40. The number of nitro benzene ring substituents is 1. The predicted octanol–water partition coefficient (Wildman–Crippen LogP) is 1.99. The number of carbonyl (C=O) groups is 1. The fraction of sp³-hybridized carbons (Fsp3) is 0.400. The lowest BCUT2D eigenvalue weighted by atomic mass is 10.1. The van der Waals surface area contributed by atoms with Crippen LogP contribution in [0.25, 0.3) is 0 Å². The van der Waals surface area contributed by atoms with Crippen molar-refractivity contribution in [3.8, 4) is 0 Å². The molecule has 1 saturated heterocycles. The molecule has 1 fully saturated rings. The smallest absolute Gasteiger partial charge is 0.273 e. The van der Waals surface area contributed by atoms with Crippen LogP contribution in [0.1, 0.15) is 17.5 Å². The van der Waals surface area contributed by atoms with Gasteiger partial charge in [-0.3, -0.25) is 14.9 Å². The van der Waals surface area contributed by atoms with Gasteiger partial charge in [-0.25, -0.2) is 4.98 Å². The Morgan fingerprint density at radius 1 is 1.18 bits per heavy atom. The molecule has 1 aliphatic rings. The van der Waals surface area contributed by atoms with Crippen LogP contribution in [0.4, 0.5) is 11.5 Å². The topological polar surface area (TPSA) is 91.6 Å². The van der Waals surface area contributed by atoms with Crippen molar-refractivity contribution < 1.29 is 9.72 Å². The quantitative estimate of drug-likeness (QED) is 0.606. The zero-order chi connectivity index (χ0) is 19.9. The van der Waals surface area contributed by atoms with Crippen molar-refractivity contribution >= 4 is 17.4 Å². The first-order valence-corrected chi connectivity index (χ1v) is 9.40. The van der Waals surface area contributed by atoms with Crippen molar-refractivity contribution in [1.82, 2.24) is 15.2 Å². The molecule has 1 aromatic carbocycles. The van der Waals surface area contributed by atoms with Crippen LogP contribution in [-0.2, 0) is 17.8 Å². The number of likely N-dealkylation sites (N-methyl/N-ethyl adjacent to an activating group) is 1. The van der Waals surface area contributed by atoms with Crippen LogP contribution in [0, 0.1) is 10.1 Å². The zero-order valence-corrected chi connectivity index (χ0v) is 16.0. The lowest BCUT2D eigenvalue weighted by Crippen LogP contribution is -2.29. The average molecular weight is 383 g/mol. The maximum absolute atomic E-state index is 12.2. The van der Waals surface area contributed by atoms with E-state index < -0.39 is 4.92 Å². The molecule has 8 heteroatoms. The third kappa shape index (κ3) is 5.26. The third-order valence-electron chi connectivity index (χ3n) is 4.88. The maximum atomic E-state index is 12.2. The minimum absolute atomic E-state index is 0.0238. The highest BCUT2D eigenvalue weighted by atomic mass is 16.6. The van der Waals surface area contributed by atoms with Gasteiger partial charge in [0.05, 0.1) is 11.3 Å². The Bertz CT molecular complexity index is 825. The molecule has 1 aromatic heterocycles. The molecular weight excluding hydrogens is 358 g/mol. The number of para-hydroxylation sites is 1. The monoisotopic (exact) mass is 383 g/mol. The van der Waals surface area contributed by atoms with E-state index in [9.17, 15) is 14.9 Å². The summed E-state index contributed by atoms with van der Waals surface area (Å²) < 4.78 is 0. The van der Waals surface area contributed by atoms with Gasteiger partial charge in [-0.2, -0.15) is 0 Å². The summed E-state index contributed by atoms with van der Waals surface area (Å²) >= 11 is 0. The Kier molecular flexibility index (Phi) is 6.54. The maximum Gasteiger partial charge on any atom is 0.273 e. The van der Waals surface area contributed by atoms with Crippen molar-refractivity contribution in [2.45, 2.75) is 19.4 Å². The zero-order valence-electron chi connectivity index (χ0n) is 16.0. The predicted molar refractivity (Wildman–Crippen MR) is 107 cm³/mol. The number of nitro groups is 1. The van der Waals surface area contributed by atoms with Crippen molar-refractivity contribution in [3.05, 3.63) is 63.8 Å². The molecular formula is C20H25N5O3. The SMILES string of the molecule is CN1CCCN(c2ccc(CNC(=O)Cc3ccccc3[N+](=O)[O-])cn2)CC1. The Morgan fingerprint density at radius 3 is 2.75 bits per heavy atom. The van der Waals surface area contributed by atoms with E-state index >= 15 is 0 Å². The summed E-state index contributed by atoms with van der Waals surface area (Å²) in [5.41, 5.74) is 1.27. The van der Waals surface area contributed by atoms with Crippen molar-refractivity contribution in [2.75, 3.05) is 38.1 Å². The van der Waals surface area contributed by atoms with Gasteiger partial charge in [0.15, 0.2) is 0 Å². The average Bonchev–Trinajstić information content (AvgIpc) is 2.91. The summed E-state index contributed by atoms with van der Waals surface area (Å²) in [5, 5.41) is 13.8. The number of aromatic nitrogens is 1. The summed E-state index contributed by atoms with van der Waals surface area (Å²) in [6, 6.07) is 10.2. The molecule has 148 valence electrons. The molecule has 1 N–H and O–H groups in total. The molecule has 0 aliphatic carbocycles. The molecule has 0 spiro atoms. The molecule has 2 heterocycles. The molecule has 1 amide bonds. The molecule has 8 nitrogen and oxygen atoms in total. The molecule has 1 aliphatic heterocycles. The Labute approximate surface area is 164 Å². The number of nitrogens with one attached hydrogen (secondary N) is 1. The Balaban J connectivity index is 1.53. The van der Waals surface area contributed by atoms with Gasteiger partial charge in [-0.15, -0.1) is 0 Å². The summed E-state index contributed by atoms with van der Waals surface area (Å²) in [5.74, 6) is 0.694. The fourth-order valence-electron chi connectivity index (χ4n) is 3.26. The number of hydrogen-bond acceptors (Lipinski definition) is 6. The largest absolute Gasteiger partial charge is 0.355 e. The van der Waals surface area contributed by atoms with Crippen LogP contribution in [0.15, 0.2) is 42.6 Å². The van der Waals surface area contributed by atoms with Crippen molar-refractivity contribution in [1.29, 1.82) is 0 Å². The Morgan fingerprint density at radius 2 is 2.00 bits per heavy atom. The number of anilines is 1. The molecule has 3 rings (SSSR count). The minimum Gasteiger partial charge on any atom is -0.355 e. The van der Waals surface area contributed by atoms with Gasteiger partial charge in [0.25, 0.3) is 5.69 Å². The number of hydrogen-bond donors (Lipinski definition) is 1. The fourth-order valence-corrected chi connectivity index (χ4v) is 3.26. The van der Waals surface area contributed by atoms with E-state index in [1.54, 1.807) is 24.4 Å². The highest BCUT2D eigenvalue weighted by Crippen LogP contribution is 2.18. The second-order valence-electron chi connectivity index (χ2n) is 7.01. The first kappa shape index (κ1) is 19.8. The van der Waals surface area contributed by atoms with Gasteiger partial charge in [0.2, 0.25) is 5.91 Å². The van der Waals surface area contributed by atoms with Crippen LogP contribution in [-0.4, -0.2) is 53.9 Å². The van der Waals surface area contributed by atoms with E-state index in [1.807, 2.05) is 12.1 Å². The lowest BCUT2D eigenvalue weighted by Gasteiger charge is -2.21. The summed E-state index contributed by atoms with van der Waals surface area (Å²) in [4.78, 5) is 31.9. The number of nitrogens with zero attached hydrogens (tertiary/aromatic N) is 4. The van der Waals surface area contributed by atoms with Crippen LogP contribution in [0.2, 0.25) is 0 Å². The van der Waals surface area contributed by atoms with Crippen LogP contribution in [0.3, 0.4) is 0 Å². The molecule has 28 heavy (non-hydrogen) atoms. The van der Waals surface area contributed by atoms with E-state index in [4.69, 9.17) is 0 Å². The minimum atomic E-state index is -0.466. The Hall–Kier alpha value is -3.00. The molecule has 0 bridgehead atoms. The van der Waals surface area contributed by atoms with Crippen molar-refractivity contribution in [2.24, 2.45) is 0 Å². The third-order valence-corrected chi connectivity index (χ3v) is 4.88. The van der Waals surface area contributed by atoms with Gasteiger partial charge in [0.1, 0.15) is 5.82 Å². The van der Waals surface area contributed by atoms with E-state index in [2.05, 4.69) is 27.1 Å². The number of carbonyl (C=O) groups excluding carboxylic acids is 1. The van der Waals surface area contributed by atoms with E-state index in [0.717, 1.165) is 44.0 Å². The number of benzene rings is 1. The molecule has 0 unspecified atom stereocenters. The normalized spacial score (nSPS) is 15.1. The molecule has 0 radical (unpaired) electrons. The van der Waals surface area contributed by atoms with Gasteiger partial charge >= 0.3 is 0 Å². The molecule has 0 saturated carbocycles. The van der Waals surface area contributed by atoms with E-state index in [-0.39, 0.29) is 18.0 Å². The first-order chi connectivity index (χ1) is 13.5.